The molecule has 0 radical (unpaired) electrons. The van der Waals surface area contributed by atoms with E-state index >= 15 is 0 Å². The second-order valence-electron chi connectivity index (χ2n) is 5.61. The van der Waals surface area contributed by atoms with Crippen molar-refractivity contribution in [2.24, 2.45) is 5.73 Å². The average molecular weight is 351 g/mol. The van der Waals surface area contributed by atoms with Gasteiger partial charge in [0.25, 0.3) is 0 Å². The molecule has 5 nitrogen and oxygen atoms in total. The number of aromatic nitrogens is 1. The van der Waals surface area contributed by atoms with Crippen molar-refractivity contribution < 1.29 is 13.9 Å². The molecule has 3 N–H and O–H groups in total. The van der Waals surface area contributed by atoms with E-state index in [9.17, 15) is 9.18 Å². The highest BCUT2D eigenvalue weighted by molar-refractivity contribution is 5.82. The van der Waals surface area contributed by atoms with Gasteiger partial charge in [-0.15, -0.1) is 0 Å². The number of rotatable bonds is 6. The van der Waals surface area contributed by atoms with Gasteiger partial charge in [0.15, 0.2) is 11.6 Å². The van der Waals surface area contributed by atoms with Crippen molar-refractivity contribution in [2.45, 2.75) is 12.6 Å². The molecule has 2 aromatic carbocycles. The predicted molar refractivity (Wildman–Crippen MR) is 95.9 cm³/mol. The van der Waals surface area contributed by atoms with Crippen LogP contribution >= 0.6 is 0 Å². The Balaban J connectivity index is 1.69. The van der Waals surface area contributed by atoms with Crippen molar-refractivity contribution in [3.63, 3.8) is 0 Å². The molecule has 1 aromatic heterocycles. The number of benzene rings is 2. The molecule has 0 fully saturated rings. The number of para-hydroxylation sites is 1. The van der Waals surface area contributed by atoms with E-state index in [4.69, 9.17) is 10.5 Å². The van der Waals surface area contributed by atoms with Crippen LogP contribution < -0.4 is 15.8 Å². The van der Waals surface area contributed by atoms with E-state index in [0.717, 1.165) is 5.56 Å². The van der Waals surface area contributed by atoms with Gasteiger partial charge in [0, 0.05) is 18.3 Å². The number of carbonyl (C=O) groups is 1. The third-order valence-electron chi connectivity index (χ3n) is 3.79. The van der Waals surface area contributed by atoms with Crippen LogP contribution in [0.3, 0.4) is 0 Å². The Labute approximate surface area is 150 Å². The quantitative estimate of drug-likeness (QED) is 0.714. The topological polar surface area (TPSA) is 77.2 Å². The molecule has 0 spiro atoms. The summed E-state index contributed by atoms with van der Waals surface area (Å²) in [4.78, 5) is 16.4. The summed E-state index contributed by atoms with van der Waals surface area (Å²) in [6, 6.07) is 17.8. The van der Waals surface area contributed by atoms with E-state index in [1.54, 1.807) is 36.4 Å². The summed E-state index contributed by atoms with van der Waals surface area (Å²) in [7, 11) is 0. The molecule has 3 rings (SSSR count). The van der Waals surface area contributed by atoms with Crippen LogP contribution in [0.2, 0.25) is 0 Å². The van der Waals surface area contributed by atoms with Crippen molar-refractivity contribution in [1.82, 2.24) is 10.3 Å². The zero-order valence-electron chi connectivity index (χ0n) is 13.9. The van der Waals surface area contributed by atoms with Gasteiger partial charge in [0.1, 0.15) is 6.04 Å². The Morgan fingerprint density at radius 2 is 1.81 bits per heavy atom. The fourth-order valence-corrected chi connectivity index (χ4v) is 2.39. The molecule has 0 unspecified atom stereocenters. The van der Waals surface area contributed by atoms with Gasteiger partial charge in [-0.05, 0) is 23.8 Å². The third kappa shape index (κ3) is 4.23. The number of hydrogen-bond acceptors (Lipinski definition) is 4. The van der Waals surface area contributed by atoms with Crippen LogP contribution in [0.4, 0.5) is 4.39 Å². The number of carbonyl (C=O) groups excluding carboxylic acids is 1. The molecule has 0 aliphatic rings. The fraction of sp³-hybridized carbons (Fsp3) is 0.100. The normalized spacial score (nSPS) is 11.6. The number of halogens is 1. The van der Waals surface area contributed by atoms with Crippen LogP contribution in [0.25, 0.3) is 0 Å². The smallest absolute Gasteiger partial charge is 0.241 e. The van der Waals surface area contributed by atoms with E-state index < -0.39 is 11.9 Å². The van der Waals surface area contributed by atoms with E-state index in [1.165, 1.54) is 18.3 Å². The minimum Gasteiger partial charge on any atom is -0.436 e. The molecule has 0 saturated heterocycles. The van der Waals surface area contributed by atoms with Gasteiger partial charge < -0.3 is 15.8 Å². The van der Waals surface area contributed by atoms with Crippen LogP contribution in [-0.2, 0) is 11.3 Å². The Kier molecular flexibility index (Phi) is 5.56. The van der Waals surface area contributed by atoms with Gasteiger partial charge in [0.2, 0.25) is 11.8 Å². The van der Waals surface area contributed by atoms with Crippen LogP contribution in [0, 0.1) is 5.82 Å². The Hall–Kier alpha value is -3.25. The summed E-state index contributed by atoms with van der Waals surface area (Å²) in [5.41, 5.74) is 7.31. The summed E-state index contributed by atoms with van der Waals surface area (Å²) in [6.07, 6.45) is 1.54. The van der Waals surface area contributed by atoms with Crippen molar-refractivity contribution in [3.05, 3.63) is 89.9 Å². The second-order valence-corrected chi connectivity index (χ2v) is 5.61. The van der Waals surface area contributed by atoms with Crippen LogP contribution in [0.15, 0.2) is 72.9 Å². The van der Waals surface area contributed by atoms with Crippen molar-refractivity contribution in [1.29, 1.82) is 0 Å². The molecule has 0 saturated carbocycles. The molecular weight excluding hydrogens is 333 g/mol. The maximum atomic E-state index is 13.8. The van der Waals surface area contributed by atoms with Gasteiger partial charge in [-0.3, -0.25) is 4.79 Å². The average Bonchev–Trinajstić information content (AvgIpc) is 2.69. The molecule has 6 heteroatoms. The van der Waals surface area contributed by atoms with Crippen LogP contribution in [0.5, 0.6) is 11.6 Å². The monoisotopic (exact) mass is 351 g/mol. The number of nitrogens with one attached hydrogen (secondary N) is 1. The van der Waals surface area contributed by atoms with E-state index in [1.807, 2.05) is 18.2 Å². The first kappa shape index (κ1) is 17.6. The molecule has 0 aliphatic carbocycles. The number of pyridine rings is 1. The number of hydrogen-bond donors (Lipinski definition) is 2. The molecular formula is C20H18FN3O2. The Bertz CT molecular complexity index is 887. The maximum absolute atomic E-state index is 13.8. The zero-order valence-corrected chi connectivity index (χ0v) is 13.9. The van der Waals surface area contributed by atoms with Crippen LogP contribution in [-0.4, -0.2) is 10.9 Å². The summed E-state index contributed by atoms with van der Waals surface area (Å²) in [5.74, 6) is -0.512. The summed E-state index contributed by atoms with van der Waals surface area (Å²) < 4.78 is 19.3. The molecule has 3 aromatic rings. The highest BCUT2D eigenvalue weighted by Crippen LogP contribution is 2.25. The SMILES string of the molecule is N[C@@H](C(=O)NCc1cccnc1Oc1ccccc1F)c1ccccc1. The maximum Gasteiger partial charge on any atom is 0.241 e. The van der Waals surface area contributed by atoms with Crippen LogP contribution in [0.1, 0.15) is 17.2 Å². The van der Waals surface area contributed by atoms with E-state index in [-0.39, 0.29) is 24.1 Å². The highest BCUT2D eigenvalue weighted by atomic mass is 19.1. The minimum absolute atomic E-state index is 0.0692. The van der Waals surface area contributed by atoms with Crippen molar-refractivity contribution in [3.8, 4) is 11.6 Å². The first-order valence-corrected chi connectivity index (χ1v) is 8.09. The number of amides is 1. The Morgan fingerprint density at radius 3 is 2.58 bits per heavy atom. The molecule has 1 heterocycles. The number of nitrogens with two attached hydrogens (primary N) is 1. The number of ether oxygens (including phenoxy) is 1. The predicted octanol–water partition coefficient (Wildman–Crippen LogP) is 3.33. The molecule has 26 heavy (non-hydrogen) atoms. The number of nitrogens with zero attached hydrogens (tertiary/aromatic N) is 1. The van der Waals surface area contributed by atoms with Gasteiger partial charge in [0.05, 0.1) is 0 Å². The molecule has 1 atom stereocenters. The second kappa shape index (κ2) is 8.22. The summed E-state index contributed by atoms with van der Waals surface area (Å²) >= 11 is 0. The van der Waals surface area contributed by atoms with Gasteiger partial charge >= 0.3 is 0 Å². The lowest BCUT2D eigenvalue weighted by molar-refractivity contribution is -0.122. The minimum atomic E-state index is -0.774. The highest BCUT2D eigenvalue weighted by Gasteiger charge is 2.16. The van der Waals surface area contributed by atoms with Gasteiger partial charge in [-0.1, -0.05) is 48.5 Å². The van der Waals surface area contributed by atoms with E-state index in [0.29, 0.717) is 5.56 Å². The van der Waals surface area contributed by atoms with Gasteiger partial charge in [-0.25, -0.2) is 9.37 Å². The first-order valence-electron chi connectivity index (χ1n) is 8.09. The lowest BCUT2D eigenvalue weighted by Gasteiger charge is -2.14. The standard InChI is InChI=1S/C20H18FN3O2/c21-16-10-4-5-11-17(16)26-20-15(9-6-12-23-20)13-24-19(25)18(22)14-7-2-1-3-8-14/h1-12,18H,13,22H2,(H,24,25)/t18-/m1/s1. The third-order valence-corrected chi connectivity index (χ3v) is 3.79. The van der Waals surface area contributed by atoms with Crippen molar-refractivity contribution in [2.75, 3.05) is 0 Å². The lowest BCUT2D eigenvalue weighted by Crippen LogP contribution is -2.33. The van der Waals surface area contributed by atoms with Crippen molar-refractivity contribution >= 4 is 5.91 Å². The lowest BCUT2D eigenvalue weighted by atomic mass is 10.1. The molecule has 132 valence electrons. The zero-order chi connectivity index (χ0) is 18.4. The fourth-order valence-electron chi connectivity index (χ4n) is 2.39. The van der Waals surface area contributed by atoms with Gasteiger partial charge in [-0.2, -0.15) is 0 Å². The largest absolute Gasteiger partial charge is 0.436 e. The molecule has 1 amide bonds. The molecule has 0 bridgehead atoms. The molecule has 0 aliphatic heterocycles. The first-order chi connectivity index (χ1) is 12.6. The summed E-state index contributed by atoms with van der Waals surface area (Å²) in [6.45, 7) is 0.164. The Morgan fingerprint density at radius 1 is 1.08 bits per heavy atom. The summed E-state index contributed by atoms with van der Waals surface area (Å²) in [5, 5.41) is 2.76. The van der Waals surface area contributed by atoms with E-state index in [2.05, 4.69) is 10.3 Å².